The van der Waals surface area contributed by atoms with Crippen LogP contribution in [0.1, 0.15) is 28.9 Å². The van der Waals surface area contributed by atoms with Gasteiger partial charge in [0, 0.05) is 37.3 Å². The molecular formula is C17H20N4O2S. The fourth-order valence-electron chi connectivity index (χ4n) is 2.68. The van der Waals surface area contributed by atoms with Crippen LogP contribution in [0.15, 0.2) is 30.5 Å². The van der Waals surface area contributed by atoms with Gasteiger partial charge in [-0.05, 0) is 25.0 Å². The Labute approximate surface area is 144 Å². The molecule has 0 unspecified atom stereocenters. The summed E-state index contributed by atoms with van der Waals surface area (Å²) in [5.41, 5.74) is 7.36. The molecule has 0 aliphatic carbocycles. The Morgan fingerprint density at radius 3 is 3.04 bits per heavy atom. The first-order chi connectivity index (χ1) is 11.6. The highest BCUT2D eigenvalue weighted by Gasteiger charge is 2.19. The summed E-state index contributed by atoms with van der Waals surface area (Å²) in [6, 6.07) is 7.44. The Bertz CT molecular complexity index is 744. The van der Waals surface area contributed by atoms with Crippen molar-refractivity contribution < 1.29 is 9.59 Å². The number of hydrogen-bond acceptors (Lipinski definition) is 5. The van der Waals surface area contributed by atoms with E-state index in [-0.39, 0.29) is 11.8 Å². The van der Waals surface area contributed by atoms with Gasteiger partial charge in [-0.2, -0.15) is 0 Å². The average Bonchev–Trinajstić information content (AvgIpc) is 3.21. The van der Waals surface area contributed by atoms with E-state index in [9.17, 15) is 9.59 Å². The monoisotopic (exact) mass is 344 g/mol. The number of benzene rings is 1. The quantitative estimate of drug-likeness (QED) is 0.621. The number of nitrogens with two attached hydrogens (primary N) is 1. The van der Waals surface area contributed by atoms with Gasteiger partial charge in [-0.1, -0.05) is 12.1 Å². The minimum absolute atomic E-state index is 0.129. The van der Waals surface area contributed by atoms with Crippen LogP contribution in [0.4, 0.5) is 5.69 Å². The molecule has 3 N–H and O–H groups in total. The zero-order valence-corrected chi connectivity index (χ0v) is 14.1. The van der Waals surface area contributed by atoms with Gasteiger partial charge in [0.1, 0.15) is 9.88 Å². The minimum Gasteiger partial charge on any atom is -0.399 e. The largest absolute Gasteiger partial charge is 0.399 e. The van der Waals surface area contributed by atoms with Gasteiger partial charge < -0.3 is 16.0 Å². The maximum absolute atomic E-state index is 12.2. The highest BCUT2D eigenvalue weighted by Crippen LogP contribution is 2.26. The number of aromatic nitrogens is 1. The highest BCUT2D eigenvalue weighted by atomic mass is 32.1. The summed E-state index contributed by atoms with van der Waals surface area (Å²) in [6.07, 6.45) is 3.94. The van der Waals surface area contributed by atoms with Crippen molar-refractivity contribution in [3.05, 3.63) is 35.3 Å². The summed E-state index contributed by atoms with van der Waals surface area (Å²) >= 11 is 1.34. The van der Waals surface area contributed by atoms with Gasteiger partial charge in [0.2, 0.25) is 5.91 Å². The van der Waals surface area contributed by atoms with Crippen LogP contribution in [0.25, 0.3) is 10.6 Å². The van der Waals surface area contributed by atoms with Gasteiger partial charge in [0.15, 0.2) is 0 Å². The second-order valence-electron chi connectivity index (χ2n) is 5.75. The molecule has 0 atom stereocenters. The number of thiazole rings is 1. The van der Waals surface area contributed by atoms with E-state index in [1.807, 2.05) is 29.2 Å². The molecule has 1 aromatic carbocycles. The van der Waals surface area contributed by atoms with E-state index in [1.165, 1.54) is 11.3 Å². The number of hydrogen-bond donors (Lipinski definition) is 2. The molecular weight excluding hydrogens is 324 g/mol. The number of amides is 2. The first-order valence-corrected chi connectivity index (χ1v) is 8.83. The maximum atomic E-state index is 12.2. The Morgan fingerprint density at radius 2 is 2.29 bits per heavy atom. The Hall–Kier alpha value is -2.41. The lowest BCUT2D eigenvalue weighted by Crippen LogP contribution is -2.30. The fourth-order valence-corrected chi connectivity index (χ4v) is 3.51. The summed E-state index contributed by atoms with van der Waals surface area (Å²) in [5, 5.41) is 3.66. The number of anilines is 1. The van der Waals surface area contributed by atoms with Crippen LogP contribution in [-0.2, 0) is 4.79 Å². The summed E-state index contributed by atoms with van der Waals surface area (Å²) in [7, 11) is 0. The van der Waals surface area contributed by atoms with Crippen LogP contribution in [0.5, 0.6) is 0 Å². The molecule has 2 amide bonds. The van der Waals surface area contributed by atoms with Crippen molar-refractivity contribution in [2.75, 3.05) is 25.4 Å². The van der Waals surface area contributed by atoms with Gasteiger partial charge in [0.05, 0.1) is 6.20 Å². The van der Waals surface area contributed by atoms with E-state index >= 15 is 0 Å². The van der Waals surface area contributed by atoms with Crippen molar-refractivity contribution in [1.82, 2.24) is 15.2 Å². The molecule has 1 aromatic heterocycles. The summed E-state index contributed by atoms with van der Waals surface area (Å²) in [4.78, 5) is 30.4. The first kappa shape index (κ1) is 16.4. The highest BCUT2D eigenvalue weighted by molar-refractivity contribution is 7.16. The van der Waals surface area contributed by atoms with Crippen LogP contribution in [0.2, 0.25) is 0 Å². The molecule has 0 spiro atoms. The molecule has 2 heterocycles. The van der Waals surface area contributed by atoms with Crippen molar-refractivity contribution in [2.45, 2.75) is 19.3 Å². The van der Waals surface area contributed by atoms with Crippen LogP contribution in [0.3, 0.4) is 0 Å². The first-order valence-electron chi connectivity index (χ1n) is 8.01. The van der Waals surface area contributed by atoms with Crippen LogP contribution < -0.4 is 11.1 Å². The lowest BCUT2D eigenvalue weighted by Gasteiger charge is -2.15. The molecule has 2 aromatic rings. The molecule has 6 nitrogen and oxygen atoms in total. The molecule has 3 rings (SSSR count). The normalized spacial score (nSPS) is 14.2. The topological polar surface area (TPSA) is 88.3 Å². The summed E-state index contributed by atoms with van der Waals surface area (Å²) in [5.74, 6) is 0.0889. The molecule has 0 saturated carbocycles. The second-order valence-corrected chi connectivity index (χ2v) is 6.78. The Balaban J connectivity index is 1.50. The van der Waals surface area contributed by atoms with Crippen LogP contribution in [0, 0.1) is 0 Å². The number of carbonyl (C=O) groups excluding carboxylic acids is 2. The summed E-state index contributed by atoms with van der Waals surface area (Å²) < 4.78 is 0. The van der Waals surface area contributed by atoms with E-state index < -0.39 is 0 Å². The maximum Gasteiger partial charge on any atom is 0.263 e. The standard InChI is InChI=1S/C17H20N4O2S/c18-13-5-1-4-12(10-13)17-20-11-14(24-17)16(23)19-7-3-9-21-8-2-6-15(21)22/h1,4-5,10-11H,2-3,6-9,18H2,(H,19,23). The number of likely N-dealkylation sites (tertiary alicyclic amines) is 1. The third-order valence-electron chi connectivity index (χ3n) is 3.92. The lowest BCUT2D eigenvalue weighted by atomic mass is 10.2. The molecule has 1 aliphatic rings. The molecule has 1 aliphatic heterocycles. The Morgan fingerprint density at radius 1 is 1.42 bits per heavy atom. The van der Waals surface area contributed by atoms with Crippen molar-refractivity contribution in [3.8, 4) is 10.6 Å². The molecule has 0 radical (unpaired) electrons. The predicted molar refractivity (Wildman–Crippen MR) is 94.7 cm³/mol. The SMILES string of the molecule is Nc1cccc(-c2ncc(C(=O)NCCCN3CCCC3=O)s2)c1. The molecule has 0 bridgehead atoms. The zero-order valence-electron chi connectivity index (χ0n) is 13.3. The van der Waals surface area contributed by atoms with E-state index in [2.05, 4.69) is 10.3 Å². The molecule has 24 heavy (non-hydrogen) atoms. The number of carbonyl (C=O) groups is 2. The van der Waals surface area contributed by atoms with E-state index in [0.717, 1.165) is 30.0 Å². The smallest absolute Gasteiger partial charge is 0.263 e. The number of nitrogens with one attached hydrogen (secondary N) is 1. The fraction of sp³-hybridized carbons (Fsp3) is 0.353. The van der Waals surface area contributed by atoms with Gasteiger partial charge in [-0.15, -0.1) is 11.3 Å². The van der Waals surface area contributed by atoms with Crippen LogP contribution >= 0.6 is 11.3 Å². The van der Waals surface area contributed by atoms with Crippen molar-refractivity contribution in [2.24, 2.45) is 0 Å². The predicted octanol–water partition coefficient (Wildman–Crippen LogP) is 2.13. The molecule has 1 saturated heterocycles. The van der Waals surface area contributed by atoms with Crippen LogP contribution in [-0.4, -0.2) is 41.3 Å². The third-order valence-corrected chi connectivity index (χ3v) is 4.97. The minimum atomic E-state index is -0.129. The van der Waals surface area contributed by atoms with Gasteiger partial charge in [-0.3, -0.25) is 9.59 Å². The van der Waals surface area contributed by atoms with Crippen molar-refractivity contribution in [3.63, 3.8) is 0 Å². The molecule has 1 fully saturated rings. The lowest BCUT2D eigenvalue weighted by molar-refractivity contribution is -0.127. The third kappa shape index (κ3) is 3.91. The molecule has 126 valence electrons. The summed E-state index contributed by atoms with van der Waals surface area (Å²) in [6.45, 7) is 2.09. The number of rotatable bonds is 6. The van der Waals surface area contributed by atoms with E-state index in [4.69, 9.17) is 5.73 Å². The van der Waals surface area contributed by atoms with Gasteiger partial charge in [0.25, 0.3) is 5.91 Å². The average molecular weight is 344 g/mol. The Kier molecular flexibility index (Phi) is 5.10. The zero-order chi connectivity index (χ0) is 16.9. The van der Waals surface area contributed by atoms with E-state index in [0.29, 0.717) is 30.1 Å². The number of nitrogen functional groups attached to an aromatic ring is 1. The van der Waals surface area contributed by atoms with Gasteiger partial charge in [-0.25, -0.2) is 4.98 Å². The second kappa shape index (κ2) is 7.44. The number of nitrogens with zero attached hydrogens (tertiary/aromatic N) is 2. The van der Waals surface area contributed by atoms with Crippen molar-refractivity contribution in [1.29, 1.82) is 0 Å². The molecule has 7 heteroatoms. The van der Waals surface area contributed by atoms with Gasteiger partial charge >= 0.3 is 0 Å². The van der Waals surface area contributed by atoms with E-state index in [1.54, 1.807) is 6.20 Å². The van der Waals surface area contributed by atoms with Crippen molar-refractivity contribution >= 4 is 28.8 Å².